The molecule has 0 aliphatic carbocycles. The molecule has 0 radical (unpaired) electrons. The summed E-state index contributed by atoms with van der Waals surface area (Å²) in [6, 6.07) is 4.41. The van der Waals surface area contributed by atoms with Crippen LogP contribution in [0.4, 0.5) is 0 Å². The predicted octanol–water partition coefficient (Wildman–Crippen LogP) is 2.06. The van der Waals surface area contributed by atoms with Gasteiger partial charge in [0.25, 0.3) is 5.91 Å². The van der Waals surface area contributed by atoms with Crippen LogP contribution in [0.1, 0.15) is 33.6 Å². The quantitative estimate of drug-likeness (QED) is 0.887. The zero-order valence-corrected chi connectivity index (χ0v) is 11.8. The minimum atomic E-state index is -1.06. The van der Waals surface area contributed by atoms with Gasteiger partial charge in [-0.25, -0.2) is 4.79 Å². The zero-order valence-electron chi connectivity index (χ0n) is 10.2. The molecule has 1 aromatic carbocycles. The summed E-state index contributed by atoms with van der Waals surface area (Å²) in [5.74, 6) is -1.35. The number of hydrogen-bond donors (Lipinski definition) is 2. The molecular formula is C13H14BrNO4. The Morgan fingerprint density at radius 2 is 2.11 bits per heavy atom. The standard InChI is InChI=1S/C13H14BrNO4/c14-10-5-8(4-9(6-10)13(17)18)12(16)15-7-11-2-1-3-19-11/h4-6,11H,1-3,7H2,(H,15,16)(H,17,18). The molecule has 5 nitrogen and oxygen atoms in total. The molecule has 0 aromatic heterocycles. The molecule has 0 saturated carbocycles. The SMILES string of the molecule is O=C(O)c1cc(Br)cc(C(=O)NCC2CCCO2)c1. The van der Waals surface area contributed by atoms with Gasteiger partial charge >= 0.3 is 5.97 Å². The molecule has 1 aromatic rings. The van der Waals surface area contributed by atoms with Crippen LogP contribution in [0.25, 0.3) is 0 Å². The van der Waals surface area contributed by atoms with Gasteiger partial charge in [0.1, 0.15) is 0 Å². The monoisotopic (exact) mass is 327 g/mol. The molecule has 1 atom stereocenters. The number of amides is 1. The van der Waals surface area contributed by atoms with E-state index >= 15 is 0 Å². The number of hydrogen-bond acceptors (Lipinski definition) is 3. The summed E-state index contributed by atoms with van der Waals surface area (Å²) < 4.78 is 5.97. The average molecular weight is 328 g/mol. The van der Waals surface area contributed by atoms with E-state index in [-0.39, 0.29) is 17.6 Å². The van der Waals surface area contributed by atoms with Crippen LogP contribution in [0.15, 0.2) is 22.7 Å². The Morgan fingerprint density at radius 1 is 1.37 bits per heavy atom. The number of ether oxygens (including phenoxy) is 1. The van der Waals surface area contributed by atoms with Gasteiger partial charge in [-0.3, -0.25) is 4.79 Å². The van der Waals surface area contributed by atoms with Crippen molar-refractivity contribution >= 4 is 27.8 Å². The first-order valence-electron chi connectivity index (χ1n) is 6.00. The molecule has 2 rings (SSSR count). The first-order valence-corrected chi connectivity index (χ1v) is 6.79. The van der Waals surface area contributed by atoms with E-state index in [2.05, 4.69) is 21.2 Å². The molecule has 0 bridgehead atoms. The Morgan fingerprint density at radius 3 is 2.74 bits per heavy atom. The Hall–Kier alpha value is -1.40. The fourth-order valence-electron chi connectivity index (χ4n) is 1.96. The summed E-state index contributed by atoms with van der Waals surface area (Å²) in [6.07, 6.45) is 2.02. The second kappa shape index (κ2) is 6.16. The van der Waals surface area contributed by atoms with E-state index in [9.17, 15) is 9.59 Å². The summed E-state index contributed by atoms with van der Waals surface area (Å²) in [4.78, 5) is 22.9. The molecule has 102 valence electrons. The molecule has 1 amide bonds. The van der Waals surface area contributed by atoms with E-state index in [4.69, 9.17) is 9.84 Å². The average Bonchev–Trinajstić information content (AvgIpc) is 2.88. The van der Waals surface area contributed by atoms with Crippen LogP contribution >= 0.6 is 15.9 Å². The van der Waals surface area contributed by atoms with Crippen molar-refractivity contribution in [2.75, 3.05) is 13.2 Å². The van der Waals surface area contributed by atoms with Gasteiger partial charge in [0.05, 0.1) is 11.7 Å². The highest BCUT2D eigenvalue weighted by Crippen LogP contribution is 2.16. The van der Waals surface area contributed by atoms with E-state index in [1.807, 2.05) is 0 Å². The van der Waals surface area contributed by atoms with Crippen LogP contribution in [0.5, 0.6) is 0 Å². The number of carbonyl (C=O) groups excluding carboxylic acids is 1. The molecule has 1 unspecified atom stereocenters. The Balaban J connectivity index is 2.03. The van der Waals surface area contributed by atoms with Gasteiger partial charge in [0, 0.05) is 23.2 Å². The maximum Gasteiger partial charge on any atom is 0.335 e. The van der Waals surface area contributed by atoms with E-state index < -0.39 is 5.97 Å². The lowest BCUT2D eigenvalue weighted by atomic mass is 10.1. The molecule has 1 aliphatic heterocycles. The second-order valence-corrected chi connectivity index (χ2v) is 5.29. The molecule has 1 aliphatic rings. The summed E-state index contributed by atoms with van der Waals surface area (Å²) >= 11 is 3.20. The largest absolute Gasteiger partial charge is 0.478 e. The first-order chi connectivity index (χ1) is 9.06. The fraction of sp³-hybridized carbons (Fsp3) is 0.385. The molecule has 1 saturated heterocycles. The van der Waals surface area contributed by atoms with Crippen molar-refractivity contribution in [2.45, 2.75) is 18.9 Å². The van der Waals surface area contributed by atoms with E-state index in [0.717, 1.165) is 19.4 Å². The molecule has 19 heavy (non-hydrogen) atoms. The summed E-state index contributed by atoms with van der Waals surface area (Å²) in [5, 5.41) is 11.7. The van der Waals surface area contributed by atoms with Crippen molar-refractivity contribution in [3.05, 3.63) is 33.8 Å². The number of halogens is 1. The molecular weight excluding hydrogens is 314 g/mol. The maximum atomic E-state index is 11.9. The van der Waals surface area contributed by atoms with Gasteiger partial charge in [-0.05, 0) is 31.0 Å². The zero-order chi connectivity index (χ0) is 13.8. The summed E-state index contributed by atoms with van der Waals surface area (Å²) in [5.41, 5.74) is 0.404. The highest BCUT2D eigenvalue weighted by molar-refractivity contribution is 9.10. The van der Waals surface area contributed by atoms with Gasteiger partial charge in [-0.2, -0.15) is 0 Å². The summed E-state index contributed by atoms with van der Waals surface area (Å²) in [7, 11) is 0. The van der Waals surface area contributed by atoms with Crippen LogP contribution in [-0.2, 0) is 4.74 Å². The molecule has 1 heterocycles. The Labute approximate surface area is 119 Å². The predicted molar refractivity (Wildman–Crippen MR) is 72.4 cm³/mol. The lowest BCUT2D eigenvalue weighted by Crippen LogP contribution is -2.31. The van der Waals surface area contributed by atoms with Gasteiger partial charge < -0.3 is 15.2 Å². The molecule has 1 fully saturated rings. The summed E-state index contributed by atoms with van der Waals surface area (Å²) in [6.45, 7) is 1.19. The second-order valence-electron chi connectivity index (χ2n) is 4.38. The minimum absolute atomic E-state index is 0.0649. The van der Waals surface area contributed by atoms with Crippen LogP contribution in [0.2, 0.25) is 0 Å². The van der Waals surface area contributed by atoms with Gasteiger partial charge in [0.15, 0.2) is 0 Å². The lowest BCUT2D eigenvalue weighted by molar-refractivity contribution is 0.0696. The van der Waals surface area contributed by atoms with Crippen LogP contribution in [0, 0.1) is 0 Å². The number of benzene rings is 1. The number of aromatic carboxylic acids is 1. The number of carboxylic acids is 1. The molecule has 0 spiro atoms. The van der Waals surface area contributed by atoms with Crippen molar-refractivity contribution in [2.24, 2.45) is 0 Å². The fourth-order valence-corrected chi connectivity index (χ4v) is 2.45. The molecule has 2 N–H and O–H groups in total. The normalized spacial score (nSPS) is 18.3. The van der Waals surface area contributed by atoms with Crippen molar-refractivity contribution in [1.29, 1.82) is 0 Å². The van der Waals surface area contributed by atoms with Crippen LogP contribution in [0.3, 0.4) is 0 Å². The van der Waals surface area contributed by atoms with E-state index in [1.54, 1.807) is 6.07 Å². The van der Waals surface area contributed by atoms with Crippen molar-refractivity contribution in [1.82, 2.24) is 5.32 Å². The number of carboxylic acid groups (broad SMARTS) is 1. The maximum absolute atomic E-state index is 11.9. The Bertz CT molecular complexity index is 497. The molecule has 6 heteroatoms. The third-order valence-corrected chi connectivity index (χ3v) is 3.38. The van der Waals surface area contributed by atoms with Crippen molar-refractivity contribution < 1.29 is 19.4 Å². The topological polar surface area (TPSA) is 75.6 Å². The van der Waals surface area contributed by atoms with Gasteiger partial charge in [-0.15, -0.1) is 0 Å². The third-order valence-electron chi connectivity index (χ3n) is 2.92. The van der Waals surface area contributed by atoms with E-state index in [1.165, 1.54) is 12.1 Å². The highest BCUT2D eigenvalue weighted by Gasteiger charge is 2.17. The number of nitrogens with one attached hydrogen (secondary N) is 1. The van der Waals surface area contributed by atoms with E-state index in [0.29, 0.717) is 16.6 Å². The Kier molecular flexibility index (Phi) is 4.55. The first kappa shape index (κ1) is 14.0. The lowest BCUT2D eigenvalue weighted by Gasteiger charge is -2.11. The highest BCUT2D eigenvalue weighted by atomic mass is 79.9. The van der Waals surface area contributed by atoms with Crippen LogP contribution in [-0.4, -0.2) is 36.2 Å². The van der Waals surface area contributed by atoms with Crippen molar-refractivity contribution in [3.63, 3.8) is 0 Å². The number of carbonyl (C=O) groups is 2. The van der Waals surface area contributed by atoms with Crippen molar-refractivity contribution in [3.8, 4) is 0 Å². The number of rotatable bonds is 4. The minimum Gasteiger partial charge on any atom is -0.478 e. The van der Waals surface area contributed by atoms with Crippen LogP contribution < -0.4 is 5.32 Å². The van der Waals surface area contributed by atoms with Gasteiger partial charge in [0.2, 0.25) is 0 Å². The third kappa shape index (κ3) is 3.78. The smallest absolute Gasteiger partial charge is 0.335 e. The van der Waals surface area contributed by atoms with Gasteiger partial charge in [-0.1, -0.05) is 15.9 Å².